The van der Waals surface area contributed by atoms with Crippen molar-refractivity contribution in [3.63, 3.8) is 0 Å². The third kappa shape index (κ3) is 6.79. The molecule has 0 heterocycles. The number of ether oxygens (including phenoxy) is 1. The van der Waals surface area contributed by atoms with Gasteiger partial charge in [-0.15, -0.1) is 0 Å². The first kappa shape index (κ1) is 19.8. The molecule has 23 heavy (non-hydrogen) atoms. The molecule has 0 fully saturated rings. The molecule has 0 saturated carbocycles. The molecular weight excluding hydrogens is 345 g/mol. The Labute approximate surface area is 140 Å². The summed E-state index contributed by atoms with van der Waals surface area (Å²) in [5, 5.41) is 0. The van der Waals surface area contributed by atoms with Crippen LogP contribution in [-0.2, 0) is 18.7 Å². The van der Waals surface area contributed by atoms with Crippen LogP contribution in [0.3, 0.4) is 0 Å². The molecule has 0 bridgehead atoms. The number of methoxy groups -OCH3 is 1. The predicted octanol–water partition coefficient (Wildman–Crippen LogP) is 3.53. The summed E-state index contributed by atoms with van der Waals surface area (Å²) in [5.74, 6) is -0.192. The zero-order valence-electron chi connectivity index (χ0n) is 13.4. The molecular formula is C14H21ClNO6P. The Bertz CT molecular complexity index is 551. The van der Waals surface area contributed by atoms with Crippen molar-refractivity contribution < 1.29 is 28.0 Å². The van der Waals surface area contributed by atoms with Gasteiger partial charge in [-0.05, 0) is 37.1 Å². The second kappa shape index (κ2) is 9.13. The topological polar surface area (TPSA) is 83.1 Å². The van der Waals surface area contributed by atoms with Crippen molar-refractivity contribution in [3.05, 3.63) is 24.3 Å². The van der Waals surface area contributed by atoms with Gasteiger partial charge in [-0.25, -0.2) is 9.36 Å². The summed E-state index contributed by atoms with van der Waals surface area (Å²) in [6, 6.07) is 5.38. The van der Waals surface area contributed by atoms with E-state index in [0.717, 1.165) is 0 Å². The second-order valence-corrected chi connectivity index (χ2v) is 7.35. The highest BCUT2D eigenvalue weighted by molar-refractivity contribution is 7.82. The lowest BCUT2D eigenvalue weighted by Crippen LogP contribution is -2.41. The van der Waals surface area contributed by atoms with Gasteiger partial charge in [0.1, 0.15) is 17.5 Å². The molecule has 0 saturated heterocycles. The number of rotatable bonds is 9. The molecule has 1 N–H and O–H groups in total. The van der Waals surface area contributed by atoms with E-state index in [1.807, 2.05) is 0 Å². The SMILES string of the molecule is CCON[C@H](C(=O)OP(=O)(Cl)Oc1ccc(OC)cc1)C(C)C. The first-order valence-corrected chi connectivity index (χ1v) is 9.48. The maximum Gasteiger partial charge on any atom is 0.532 e. The molecule has 0 aliphatic carbocycles. The third-order valence-electron chi connectivity index (χ3n) is 2.75. The highest BCUT2D eigenvalue weighted by Crippen LogP contribution is 2.53. The van der Waals surface area contributed by atoms with Gasteiger partial charge < -0.3 is 18.6 Å². The van der Waals surface area contributed by atoms with Gasteiger partial charge in [0.2, 0.25) is 0 Å². The van der Waals surface area contributed by atoms with Crippen LogP contribution in [0.4, 0.5) is 0 Å². The molecule has 0 aromatic heterocycles. The van der Waals surface area contributed by atoms with Crippen LogP contribution in [0.25, 0.3) is 0 Å². The first-order chi connectivity index (χ1) is 10.8. The Hall–Kier alpha value is -1.27. The summed E-state index contributed by atoms with van der Waals surface area (Å²) >= 11 is 5.71. The number of nitrogens with one attached hydrogen (secondary N) is 1. The Morgan fingerprint density at radius 1 is 1.26 bits per heavy atom. The van der Waals surface area contributed by atoms with Crippen LogP contribution in [-0.4, -0.2) is 25.7 Å². The smallest absolute Gasteiger partial charge is 0.497 e. The molecule has 1 unspecified atom stereocenters. The number of carbonyl (C=O) groups excluding carboxylic acids is 1. The molecule has 0 aliphatic rings. The van der Waals surface area contributed by atoms with Gasteiger partial charge in [0.25, 0.3) is 0 Å². The van der Waals surface area contributed by atoms with E-state index in [1.54, 1.807) is 32.9 Å². The molecule has 0 spiro atoms. The van der Waals surface area contributed by atoms with Crippen LogP contribution in [0.5, 0.6) is 11.5 Å². The Balaban J connectivity index is 2.71. The molecule has 9 heteroatoms. The van der Waals surface area contributed by atoms with Crippen LogP contribution < -0.4 is 14.7 Å². The van der Waals surface area contributed by atoms with E-state index < -0.39 is 19.0 Å². The van der Waals surface area contributed by atoms with E-state index in [1.165, 1.54) is 19.2 Å². The largest absolute Gasteiger partial charge is 0.532 e. The van der Waals surface area contributed by atoms with E-state index in [2.05, 4.69) is 5.48 Å². The maximum absolute atomic E-state index is 12.1. The fraction of sp³-hybridized carbons (Fsp3) is 0.500. The number of hydrogen-bond donors (Lipinski definition) is 1. The molecule has 2 atom stereocenters. The molecule has 0 amide bonds. The van der Waals surface area contributed by atoms with Crippen molar-refractivity contribution in [1.82, 2.24) is 5.48 Å². The zero-order chi connectivity index (χ0) is 17.5. The highest BCUT2D eigenvalue weighted by Gasteiger charge is 2.33. The molecule has 1 aromatic rings. The summed E-state index contributed by atoms with van der Waals surface area (Å²) in [6.07, 6.45) is 0. The lowest BCUT2D eigenvalue weighted by atomic mass is 10.1. The van der Waals surface area contributed by atoms with Crippen LogP contribution in [0.2, 0.25) is 0 Å². The fourth-order valence-corrected chi connectivity index (χ4v) is 2.76. The number of carbonyl (C=O) groups is 1. The third-order valence-corrected chi connectivity index (χ3v) is 3.99. The minimum Gasteiger partial charge on any atom is -0.497 e. The van der Waals surface area contributed by atoms with E-state index in [-0.39, 0.29) is 11.7 Å². The van der Waals surface area contributed by atoms with Crippen molar-refractivity contribution in [1.29, 1.82) is 0 Å². The minimum atomic E-state index is -4.13. The van der Waals surface area contributed by atoms with Gasteiger partial charge in [-0.2, -0.15) is 5.48 Å². The average molecular weight is 366 g/mol. The molecule has 130 valence electrons. The quantitative estimate of drug-likeness (QED) is 0.529. The monoisotopic (exact) mass is 365 g/mol. The van der Waals surface area contributed by atoms with E-state index in [4.69, 9.17) is 29.9 Å². The average Bonchev–Trinajstić information content (AvgIpc) is 2.47. The molecule has 0 aliphatic heterocycles. The van der Waals surface area contributed by atoms with Crippen LogP contribution >= 0.6 is 18.2 Å². The molecule has 7 nitrogen and oxygen atoms in total. The van der Waals surface area contributed by atoms with Crippen molar-refractivity contribution in [2.45, 2.75) is 26.8 Å². The van der Waals surface area contributed by atoms with Gasteiger partial charge in [-0.1, -0.05) is 13.8 Å². The van der Waals surface area contributed by atoms with Gasteiger partial charge in [-0.3, -0.25) is 0 Å². The first-order valence-electron chi connectivity index (χ1n) is 7.03. The summed E-state index contributed by atoms with van der Waals surface area (Å²) < 4.78 is 27.0. The maximum atomic E-state index is 12.1. The Kier molecular flexibility index (Phi) is 7.85. The lowest BCUT2D eigenvalue weighted by Gasteiger charge is -2.21. The van der Waals surface area contributed by atoms with Crippen LogP contribution in [0, 0.1) is 5.92 Å². The number of benzene rings is 1. The molecule has 1 aromatic carbocycles. The molecule has 0 radical (unpaired) electrons. The van der Waals surface area contributed by atoms with Crippen molar-refractivity contribution in [2.75, 3.05) is 13.7 Å². The highest BCUT2D eigenvalue weighted by atomic mass is 35.7. The number of hydroxylamine groups is 1. The summed E-state index contributed by atoms with van der Waals surface area (Å²) in [6.45, 7) is 1.54. The standard InChI is InChI=1S/C14H21ClNO6P/c1-5-20-16-13(10(2)3)14(17)22-23(15,18)21-12-8-6-11(19-4)7-9-12/h6-10,13,16H,5H2,1-4H3/t13-,23?/m0/s1. The van der Waals surface area contributed by atoms with Crippen LogP contribution in [0.15, 0.2) is 24.3 Å². The Morgan fingerprint density at radius 3 is 2.30 bits per heavy atom. The van der Waals surface area contributed by atoms with Gasteiger partial charge in [0.05, 0.1) is 13.7 Å². The summed E-state index contributed by atoms with van der Waals surface area (Å²) in [4.78, 5) is 17.1. The second-order valence-electron chi connectivity index (χ2n) is 4.88. The zero-order valence-corrected chi connectivity index (χ0v) is 15.1. The predicted molar refractivity (Wildman–Crippen MR) is 86.6 cm³/mol. The van der Waals surface area contributed by atoms with Gasteiger partial charge in [0, 0.05) is 11.2 Å². The van der Waals surface area contributed by atoms with Gasteiger partial charge in [0.15, 0.2) is 0 Å². The minimum absolute atomic E-state index is 0.160. The van der Waals surface area contributed by atoms with Crippen molar-refractivity contribution >= 4 is 24.2 Å². The number of halogens is 1. The number of hydrogen-bond acceptors (Lipinski definition) is 7. The van der Waals surface area contributed by atoms with Crippen molar-refractivity contribution in [3.8, 4) is 11.5 Å². The van der Waals surface area contributed by atoms with Gasteiger partial charge >= 0.3 is 12.9 Å². The van der Waals surface area contributed by atoms with E-state index in [0.29, 0.717) is 12.4 Å². The summed E-state index contributed by atoms with van der Waals surface area (Å²) in [5.41, 5.74) is 2.54. The normalized spacial score (nSPS) is 14.9. The Morgan fingerprint density at radius 2 is 1.83 bits per heavy atom. The van der Waals surface area contributed by atoms with Crippen molar-refractivity contribution in [2.24, 2.45) is 5.92 Å². The van der Waals surface area contributed by atoms with E-state index in [9.17, 15) is 9.36 Å². The van der Waals surface area contributed by atoms with E-state index >= 15 is 0 Å². The molecule has 1 rings (SSSR count). The lowest BCUT2D eigenvalue weighted by molar-refractivity contribution is -0.143. The fourth-order valence-electron chi connectivity index (χ4n) is 1.57. The summed E-state index contributed by atoms with van der Waals surface area (Å²) in [7, 11) is 1.52. The van der Waals surface area contributed by atoms with Crippen LogP contribution in [0.1, 0.15) is 20.8 Å².